The van der Waals surface area contributed by atoms with E-state index in [9.17, 15) is 8.76 Å². The maximum atomic E-state index is 10.1. The number of benzene rings is 1. The van der Waals surface area contributed by atoms with E-state index < -0.39 is 11.4 Å². The average Bonchev–Trinajstić information content (AvgIpc) is 2.05. The molecule has 1 unspecified atom stereocenters. The summed E-state index contributed by atoms with van der Waals surface area (Å²) < 4.78 is 24.6. The van der Waals surface area contributed by atoms with Crippen LogP contribution in [0.25, 0.3) is 6.08 Å². The fourth-order valence-corrected chi connectivity index (χ4v) is 1.01. The van der Waals surface area contributed by atoms with E-state index in [1.807, 2.05) is 0 Å². The van der Waals surface area contributed by atoms with Gasteiger partial charge in [-0.3, -0.25) is 0 Å². The maximum Gasteiger partial charge on any atom is 1.00 e. The molecule has 66 valence electrons. The van der Waals surface area contributed by atoms with Gasteiger partial charge >= 0.3 is 51.4 Å². The number of hydrogen-bond donors (Lipinski definition) is 0. The van der Waals surface area contributed by atoms with Gasteiger partial charge in [-0.1, -0.05) is 24.8 Å². The van der Waals surface area contributed by atoms with Crippen molar-refractivity contribution >= 4 is 17.4 Å². The minimum absolute atomic E-state index is 0. The van der Waals surface area contributed by atoms with Crippen LogP contribution in [0.5, 0.6) is 5.75 Å². The minimum Gasteiger partial charge on any atom is -1.00 e. The van der Waals surface area contributed by atoms with Crippen molar-refractivity contribution in [1.29, 1.82) is 0 Å². The summed E-state index contributed by atoms with van der Waals surface area (Å²) in [6, 6.07) is 6.56. The zero-order chi connectivity index (χ0) is 8.97. The van der Waals surface area contributed by atoms with Crippen LogP contribution in [0.4, 0.5) is 0 Å². The molecule has 0 bridgehead atoms. The Balaban J connectivity index is 0. The molecule has 1 rings (SSSR count). The Hall–Kier alpha value is 0.506. The predicted octanol–water partition coefficient (Wildman–Crippen LogP) is -1.38. The van der Waals surface area contributed by atoms with Crippen molar-refractivity contribution < 1.29 is 65.8 Å². The van der Waals surface area contributed by atoms with Gasteiger partial charge in [-0.25, -0.2) is 4.21 Å². The van der Waals surface area contributed by atoms with Gasteiger partial charge < -0.3 is 10.2 Å². The molecule has 0 N–H and O–H groups in total. The molecule has 13 heavy (non-hydrogen) atoms. The first-order valence-electron chi connectivity index (χ1n) is 3.22. The number of hydrogen-bond acceptors (Lipinski definition) is 3. The molecule has 3 nitrogen and oxygen atoms in total. The van der Waals surface area contributed by atoms with Gasteiger partial charge in [-0.05, 0) is 17.7 Å². The van der Waals surface area contributed by atoms with Gasteiger partial charge in [0.1, 0.15) is 17.1 Å². The molecule has 1 aromatic carbocycles. The molecule has 0 aliphatic heterocycles. The van der Waals surface area contributed by atoms with Crippen LogP contribution in [0, 0.1) is 0 Å². The van der Waals surface area contributed by atoms with E-state index in [0.717, 1.165) is 5.56 Å². The van der Waals surface area contributed by atoms with Crippen LogP contribution >= 0.6 is 0 Å². The first-order chi connectivity index (χ1) is 5.72. The molecule has 0 fully saturated rings. The summed E-state index contributed by atoms with van der Waals surface area (Å²) >= 11 is -2.50. The van der Waals surface area contributed by atoms with Crippen molar-refractivity contribution in [3.63, 3.8) is 0 Å². The van der Waals surface area contributed by atoms with Crippen LogP contribution in [0.3, 0.4) is 0 Å². The van der Waals surface area contributed by atoms with E-state index in [2.05, 4.69) is 10.8 Å². The Labute approximate surface area is 124 Å². The molecular weight excluding hydrogens is 215 g/mol. The molecule has 0 aliphatic rings. The molecule has 1 atom stereocenters. The topological polar surface area (TPSA) is 49.4 Å². The summed E-state index contributed by atoms with van der Waals surface area (Å²) in [5.41, 5.74) is 0.916. The van der Waals surface area contributed by atoms with Gasteiger partial charge in [0, 0.05) is 0 Å². The minimum atomic E-state index is -2.50. The predicted molar refractivity (Wildman–Crippen MR) is 47.2 cm³/mol. The molecule has 0 heterocycles. The van der Waals surface area contributed by atoms with Crippen molar-refractivity contribution in [3.8, 4) is 5.75 Å². The fourth-order valence-electron chi connectivity index (χ4n) is 0.738. The normalized spacial score (nSPS) is 11.2. The van der Waals surface area contributed by atoms with Crippen molar-refractivity contribution in [2.24, 2.45) is 0 Å². The Morgan fingerprint density at radius 2 is 2.00 bits per heavy atom. The third kappa shape index (κ3) is 5.07. The van der Waals surface area contributed by atoms with E-state index in [0.29, 0.717) is 5.75 Å². The molecule has 1 aromatic rings. The Kier molecular flexibility index (Phi) is 7.15. The van der Waals surface area contributed by atoms with Gasteiger partial charge in [-0.15, -0.1) is 0 Å². The molecule has 0 radical (unpaired) electrons. The molecular formula is C8H8KO3S-. The van der Waals surface area contributed by atoms with Gasteiger partial charge in [0.05, 0.1) is 0 Å². The van der Waals surface area contributed by atoms with Crippen molar-refractivity contribution in [1.82, 2.24) is 0 Å². The van der Waals surface area contributed by atoms with Crippen molar-refractivity contribution in [2.75, 3.05) is 0 Å². The van der Waals surface area contributed by atoms with Crippen LogP contribution in [0.2, 0.25) is 0 Å². The van der Waals surface area contributed by atoms with Crippen LogP contribution in [-0.4, -0.2) is 8.76 Å². The fraction of sp³-hybridized carbons (Fsp3) is 0. The van der Waals surface area contributed by atoms with Gasteiger partial charge in [0.25, 0.3) is 0 Å². The Morgan fingerprint density at radius 3 is 2.38 bits per heavy atom. The summed E-state index contributed by atoms with van der Waals surface area (Å²) in [6.07, 6.45) is 1.66. The quantitative estimate of drug-likeness (QED) is 0.469. The first-order valence-corrected chi connectivity index (χ1v) is 4.22. The maximum absolute atomic E-state index is 10.1. The van der Waals surface area contributed by atoms with Crippen LogP contribution in [-0.2, 0) is 11.4 Å². The van der Waals surface area contributed by atoms with Gasteiger partial charge in [0.15, 0.2) is 0 Å². The summed E-state index contributed by atoms with van der Waals surface area (Å²) in [4.78, 5) is 0. The van der Waals surface area contributed by atoms with Crippen LogP contribution in [0.1, 0.15) is 6.99 Å². The van der Waals surface area contributed by atoms with E-state index in [4.69, 9.17) is 0 Å². The summed E-state index contributed by atoms with van der Waals surface area (Å²) in [7, 11) is 0. The zero-order valence-electron chi connectivity index (χ0n) is 8.23. The molecule has 0 saturated carbocycles. The summed E-state index contributed by atoms with van der Waals surface area (Å²) in [5.74, 6) is 0.300. The monoisotopic (exact) mass is 223 g/mol. The zero-order valence-corrected chi connectivity index (χ0v) is 11.2. The summed E-state index contributed by atoms with van der Waals surface area (Å²) in [5, 5.41) is 0. The molecule has 0 aromatic heterocycles. The van der Waals surface area contributed by atoms with Gasteiger partial charge in [0.2, 0.25) is 0 Å². The van der Waals surface area contributed by atoms with E-state index in [1.54, 1.807) is 30.3 Å². The molecule has 5 heteroatoms. The van der Waals surface area contributed by atoms with Crippen molar-refractivity contribution in [3.05, 3.63) is 36.4 Å². The van der Waals surface area contributed by atoms with E-state index >= 15 is 0 Å². The second-order valence-electron chi connectivity index (χ2n) is 2.06. The Bertz CT molecular complexity index is 302. The van der Waals surface area contributed by atoms with Crippen molar-refractivity contribution in [2.45, 2.75) is 0 Å². The molecule has 0 aliphatic carbocycles. The smallest absolute Gasteiger partial charge is 1.00 e. The van der Waals surface area contributed by atoms with E-state index in [-0.39, 0.29) is 52.8 Å². The summed E-state index contributed by atoms with van der Waals surface area (Å²) in [6.45, 7) is 3.56. The SMILES string of the molecule is C=Cc1ccc(OS(=O)[O-])cc1.[H-].[K+]. The second-order valence-corrected chi connectivity index (χ2v) is 2.64. The first kappa shape index (κ1) is 13.5. The standard InChI is InChI=1S/C8H8O3S.K.H/c1-2-7-3-5-8(6-4-7)11-12(9)10;;/h2-6H,1H2,(H,9,10);;/q;+1;-1/p-1. The number of rotatable bonds is 3. The second kappa shape index (κ2) is 6.89. The van der Waals surface area contributed by atoms with Crippen LogP contribution in [0.15, 0.2) is 30.8 Å². The third-order valence-corrected chi connectivity index (χ3v) is 1.61. The molecule has 0 saturated heterocycles. The average molecular weight is 223 g/mol. The van der Waals surface area contributed by atoms with Gasteiger partial charge in [-0.2, -0.15) is 0 Å². The Morgan fingerprint density at radius 1 is 1.46 bits per heavy atom. The third-order valence-electron chi connectivity index (χ3n) is 1.28. The van der Waals surface area contributed by atoms with Crippen LogP contribution < -0.4 is 55.6 Å². The van der Waals surface area contributed by atoms with E-state index in [1.165, 1.54) is 0 Å². The molecule has 0 amide bonds. The molecule has 0 spiro atoms. The largest absolute Gasteiger partial charge is 1.00 e.